The minimum atomic E-state index is 0. The molecule has 0 N–H and O–H groups in total. The highest BCUT2D eigenvalue weighted by atomic mass is 127. The van der Waals surface area contributed by atoms with Crippen molar-refractivity contribution in [3.05, 3.63) is 18.7 Å². The van der Waals surface area contributed by atoms with Crippen molar-refractivity contribution in [3.8, 4) is 0 Å². The molecular weight excluding hydrogens is 467 g/mol. The Labute approximate surface area is 189 Å². The van der Waals surface area contributed by atoms with Crippen LogP contribution >= 0.6 is 11.8 Å². The number of unbranched alkanes of at least 4 members (excludes halogenated alkanes) is 12. The summed E-state index contributed by atoms with van der Waals surface area (Å²) in [6.45, 7) is 3.19. The van der Waals surface area contributed by atoms with E-state index in [0.29, 0.717) is 5.12 Å². The topological polar surface area (TPSA) is 25.9 Å². The van der Waals surface area contributed by atoms with Gasteiger partial charge < -0.3 is 24.0 Å². The zero-order valence-electron chi connectivity index (χ0n) is 17.6. The van der Waals surface area contributed by atoms with Gasteiger partial charge in [-0.3, -0.25) is 4.79 Å². The van der Waals surface area contributed by atoms with Crippen LogP contribution in [0.4, 0.5) is 0 Å². The third kappa shape index (κ3) is 16.6. The standard InChI is InChI=1S/C22H41N2OS.HI/c1-3-4-5-6-7-8-9-10-11-12-13-14-15-16-22(25)26-20-19-24-18-17-23(2)21-24;/h17-18,21H,3-16,19-20H2,1-2H3;1H/q+1;/p-1. The zero-order valence-corrected chi connectivity index (χ0v) is 20.6. The lowest BCUT2D eigenvalue weighted by Crippen LogP contribution is -3.00. The molecule has 1 rings (SSSR count). The van der Waals surface area contributed by atoms with E-state index in [1.54, 1.807) is 0 Å². The molecule has 1 aromatic rings. The molecule has 0 bridgehead atoms. The van der Waals surface area contributed by atoms with E-state index >= 15 is 0 Å². The number of aromatic nitrogens is 2. The minimum absolute atomic E-state index is 0. The van der Waals surface area contributed by atoms with Crippen LogP contribution in [0.2, 0.25) is 0 Å². The van der Waals surface area contributed by atoms with Gasteiger partial charge in [-0.05, 0) is 6.42 Å². The van der Waals surface area contributed by atoms with Crippen molar-refractivity contribution in [2.45, 2.75) is 103 Å². The molecule has 0 unspecified atom stereocenters. The van der Waals surface area contributed by atoms with Gasteiger partial charge >= 0.3 is 0 Å². The fourth-order valence-electron chi connectivity index (χ4n) is 3.26. The van der Waals surface area contributed by atoms with Gasteiger partial charge in [-0.25, -0.2) is 9.13 Å². The lowest BCUT2D eigenvalue weighted by molar-refractivity contribution is -0.671. The molecular formula is C22H41IN2OS. The van der Waals surface area contributed by atoms with Crippen LogP contribution in [0.5, 0.6) is 0 Å². The molecule has 0 spiro atoms. The molecule has 0 aliphatic heterocycles. The molecule has 3 nitrogen and oxygen atoms in total. The van der Waals surface area contributed by atoms with E-state index in [9.17, 15) is 4.79 Å². The summed E-state index contributed by atoms with van der Waals surface area (Å²) in [5.74, 6) is 0.881. The lowest BCUT2D eigenvalue weighted by Gasteiger charge is -2.03. The molecule has 1 heterocycles. The number of rotatable bonds is 17. The first-order valence-electron chi connectivity index (χ1n) is 10.9. The number of imidazole rings is 1. The van der Waals surface area contributed by atoms with E-state index in [-0.39, 0.29) is 24.0 Å². The number of carbonyl (C=O) groups is 1. The number of nitrogens with zero attached hydrogens (tertiary/aromatic N) is 2. The van der Waals surface area contributed by atoms with Crippen molar-refractivity contribution in [2.75, 3.05) is 5.75 Å². The summed E-state index contributed by atoms with van der Waals surface area (Å²) < 4.78 is 4.16. The summed E-state index contributed by atoms with van der Waals surface area (Å²) in [5, 5.41) is 0.365. The zero-order chi connectivity index (χ0) is 18.9. The first-order chi connectivity index (χ1) is 12.7. The molecule has 0 saturated heterocycles. The largest absolute Gasteiger partial charge is 1.00 e. The average molecular weight is 509 g/mol. The van der Waals surface area contributed by atoms with Crippen molar-refractivity contribution < 1.29 is 33.3 Å². The Hall–Kier alpha value is -0.0400. The Morgan fingerprint density at radius 2 is 1.41 bits per heavy atom. The van der Waals surface area contributed by atoms with E-state index in [2.05, 4.69) is 24.0 Å². The second-order valence-corrected chi connectivity index (χ2v) is 8.68. The van der Waals surface area contributed by atoms with Gasteiger partial charge in [0.25, 0.3) is 0 Å². The van der Waals surface area contributed by atoms with Gasteiger partial charge in [0.2, 0.25) is 6.33 Å². The van der Waals surface area contributed by atoms with Crippen LogP contribution in [0.15, 0.2) is 18.7 Å². The number of halogens is 1. The first-order valence-corrected chi connectivity index (χ1v) is 11.9. The number of thioether (sulfide) groups is 1. The van der Waals surface area contributed by atoms with Crippen LogP contribution in [0.3, 0.4) is 0 Å². The van der Waals surface area contributed by atoms with Crippen molar-refractivity contribution in [1.82, 2.24) is 4.57 Å². The summed E-state index contributed by atoms with van der Waals surface area (Å²) in [7, 11) is 2.02. The van der Waals surface area contributed by atoms with Crippen LogP contribution in [0.1, 0.15) is 96.8 Å². The van der Waals surface area contributed by atoms with E-state index in [4.69, 9.17) is 0 Å². The van der Waals surface area contributed by atoms with Crippen LogP contribution < -0.4 is 28.5 Å². The molecule has 0 aliphatic carbocycles. The van der Waals surface area contributed by atoms with Gasteiger partial charge in [-0.2, -0.15) is 0 Å². The van der Waals surface area contributed by atoms with Crippen molar-refractivity contribution >= 4 is 16.9 Å². The van der Waals surface area contributed by atoms with E-state index in [0.717, 1.165) is 25.1 Å². The summed E-state index contributed by atoms with van der Waals surface area (Å²) in [6, 6.07) is 0. The second-order valence-electron chi connectivity index (χ2n) is 7.53. The molecule has 0 fully saturated rings. The van der Waals surface area contributed by atoms with Gasteiger partial charge in [0, 0.05) is 12.2 Å². The number of aryl methyl sites for hydroxylation is 2. The van der Waals surface area contributed by atoms with Crippen LogP contribution in [-0.4, -0.2) is 15.4 Å². The summed E-state index contributed by atoms with van der Waals surface area (Å²) in [6.07, 6.45) is 24.5. The smallest absolute Gasteiger partial charge is 0.243 e. The second kappa shape index (κ2) is 19.3. The molecule has 1 aromatic heterocycles. The van der Waals surface area contributed by atoms with Crippen LogP contribution in [0, 0.1) is 0 Å². The molecule has 0 aliphatic rings. The van der Waals surface area contributed by atoms with E-state index in [1.807, 2.05) is 17.8 Å². The summed E-state index contributed by atoms with van der Waals surface area (Å²) in [4.78, 5) is 11.9. The minimum Gasteiger partial charge on any atom is -1.00 e. The van der Waals surface area contributed by atoms with Crippen LogP contribution in [0.25, 0.3) is 0 Å². The fraction of sp³-hybridized carbons (Fsp3) is 0.818. The van der Waals surface area contributed by atoms with Gasteiger partial charge in [-0.15, -0.1) is 0 Å². The SMILES string of the molecule is CCCCCCCCCCCCCCCC(=O)SCCn1cc[n+](C)c1.[I-]. The monoisotopic (exact) mass is 508 g/mol. The third-order valence-electron chi connectivity index (χ3n) is 4.92. The average Bonchev–Trinajstić information content (AvgIpc) is 3.04. The number of hydrogen-bond acceptors (Lipinski definition) is 2. The molecule has 0 saturated carbocycles. The van der Waals surface area contributed by atoms with Crippen molar-refractivity contribution in [1.29, 1.82) is 0 Å². The first kappa shape index (κ1) is 27.0. The molecule has 0 amide bonds. The summed E-state index contributed by atoms with van der Waals surface area (Å²) in [5.41, 5.74) is 0. The Bertz CT molecular complexity index is 465. The maximum absolute atomic E-state index is 11.9. The highest BCUT2D eigenvalue weighted by Crippen LogP contribution is 2.14. The highest BCUT2D eigenvalue weighted by Gasteiger charge is 2.05. The lowest BCUT2D eigenvalue weighted by atomic mass is 10.0. The molecule has 158 valence electrons. The van der Waals surface area contributed by atoms with Gasteiger partial charge in [0.1, 0.15) is 12.4 Å². The van der Waals surface area contributed by atoms with Gasteiger partial charge in [-0.1, -0.05) is 95.7 Å². The van der Waals surface area contributed by atoms with Gasteiger partial charge in [0.15, 0.2) is 5.12 Å². The third-order valence-corrected chi connectivity index (χ3v) is 5.83. The Balaban J connectivity index is 0.00000676. The maximum Gasteiger partial charge on any atom is 0.243 e. The molecule has 0 aromatic carbocycles. The molecule has 0 atom stereocenters. The fourth-order valence-corrected chi connectivity index (χ4v) is 4.08. The van der Waals surface area contributed by atoms with Crippen molar-refractivity contribution in [3.63, 3.8) is 0 Å². The normalized spacial score (nSPS) is 10.7. The number of carbonyl (C=O) groups excluding carboxylic acids is 1. The Morgan fingerprint density at radius 1 is 0.889 bits per heavy atom. The number of hydrogen-bond donors (Lipinski definition) is 0. The van der Waals surface area contributed by atoms with Crippen molar-refractivity contribution in [2.24, 2.45) is 7.05 Å². The van der Waals surface area contributed by atoms with Crippen LogP contribution in [-0.2, 0) is 18.4 Å². The maximum atomic E-state index is 11.9. The molecule has 0 radical (unpaired) electrons. The Morgan fingerprint density at radius 3 is 1.89 bits per heavy atom. The predicted molar refractivity (Wildman–Crippen MR) is 113 cm³/mol. The Kier molecular flexibility index (Phi) is 19.3. The quantitative estimate of drug-likeness (QED) is 0.184. The predicted octanol–water partition coefficient (Wildman–Crippen LogP) is 3.06. The summed E-state index contributed by atoms with van der Waals surface area (Å²) >= 11 is 1.50. The van der Waals surface area contributed by atoms with Gasteiger partial charge in [0.05, 0.1) is 13.6 Å². The molecule has 5 heteroatoms. The molecule has 27 heavy (non-hydrogen) atoms. The highest BCUT2D eigenvalue weighted by molar-refractivity contribution is 8.13. The van der Waals surface area contributed by atoms with E-state index < -0.39 is 0 Å². The van der Waals surface area contributed by atoms with E-state index in [1.165, 1.54) is 88.8 Å².